The lowest BCUT2D eigenvalue weighted by atomic mass is 10.2. The number of hydrogen-bond donors (Lipinski definition) is 3. The summed E-state index contributed by atoms with van der Waals surface area (Å²) in [6.45, 7) is 4.08. The number of thioether (sulfide) groups is 1. The third-order valence-corrected chi connectivity index (χ3v) is 4.97. The first-order valence-electron chi connectivity index (χ1n) is 7.42. The van der Waals surface area contributed by atoms with Gasteiger partial charge >= 0.3 is 0 Å². The highest BCUT2D eigenvalue weighted by molar-refractivity contribution is 14.0. The molecule has 0 aliphatic carbocycles. The number of fused-ring (bicyclic) bond motifs is 1. The number of nitrogens with zero attached hydrogens (tertiary/aromatic N) is 1. The van der Waals surface area contributed by atoms with Crippen LogP contribution >= 0.6 is 47.1 Å². The Balaban J connectivity index is 0.00000264. The van der Waals surface area contributed by atoms with E-state index >= 15 is 0 Å². The molecule has 0 spiro atoms. The average Bonchev–Trinajstić information content (AvgIpc) is 2.96. The Kier molecular flexibility index (Phi) is 9.92. The van der Waals surface area contributed by atoms with E-state index in [9.17, 15) is 5.11 Å². The van der Waals surface area contributed by atoms with Gasteiger partial charge in [-0.25, -0.2) is 0 Å². The van der Waals surface area contributed by atoms with Crippen LogP contribution in [0.25, 0.3) is 10.1 Å². The van der Waals surface area contributed by atoms with Crippen molar-refractivity contribution in [3.63, 3.8) is 0 Å². The van der Waals surface area contributed by atoms with E-state index in [2.05, 4.69) is 34.0 Å². The average molecular weight is 465 g/mol. The summed E-state index contributed by atoms with van der Waals surface area (Å²) in [5.74, 6) is 1.79. The highest BCUT2D eigenvalue weighted by atomic mass is 127. The van der Waals surface area contributed by atoms with Crippen LogP contribution in [0.4, 0.5) is 0 Å². The van der Waals surface area contributed by atoms with Crippen molar-refractivity contribution in [3.05, 3.63) is 35.2 Å². The molecule has 0 radical (unpaired) electrons. The summed E-state index contributed by atoms with van der Waals surface area (Å²) in [7, 11) is 0. The molecule has 0 aliphatic heterocycles. The van der Waals surface area contributed by atoms with Crippen LogP contribution in [0.15, 0.2) is 35.3 Å². The predicted octanol–water partition coefficient (Wildman–Crippen LogP) is 3.47. The number of nitrogens with one attached hydrogen (secondary N) is 2. The maximum Gasteiger partial charge on any atom is 0.191 e. The molecule has 0 amide bonds. The van der Waals surface area contributed by atoms with Gasteiger partial charge in [-0.2, -0.15) is 11.8 Å². The number of halogens is 1. The van der Waals surface area contributed by atoms with Gasteiger partial charge < -0.3 is 15.7 Å². The number of aliphatic hydroxyl groups is 1. The molecule has 1 aromatic heterocycles. The second-order valence-electron chi connectivity index (χ2n) is 4.84. The first-order valence-corrected chi connectivity index (χ1v) is 9.63. The molecular weight excluding hydrogens is 441 g/mol. The van der Waals surface area contributed by atoms with Gasteiger partial charge in [-0.15, -0.1) is 35.3 Å². The minimum absolute atomic E-state index is 0. The summed E-state index contributed by atoms with van der Waals surface area (Å²) in [6, 6.07) is 10.2. The maximum absolute atomic E-state index is 10.4. The number of hydrogen-bond acceptors (Lipinski definition) is 4. The molecule has 1 atom stereocenters. The van der Waals surface area contributed by atoms with Crippen LogP contribution in [-0.2, 0) is 0 Å². The van der Waals surface area contributed by atoms with Crippen LogP contribution in [-0.4, -0.2) is 42.7 Å². The Hall–Kier alpha value is -0.510. The molecule has 128 valence electrons. The third-order valence-electron chi connectivity index (χ3n) is 3.14. The molecular formula is C16H24IN3OS2. The zero-order valence-electron chi connectivity index (χ0n) is 13.4. The highest BCUT2D eigenvalue weighted by Crippen LogP contribution is 2.29. The number of benzene rings is 1. The number of thiophene rings is 1. The van der Waals surface area contributed by atoms with E-state index in [1.54, 1.807) is 23.1 Å². The second kappa shape index (κ2) is 11.1. The minimum Gasteiger partial charge on any atom is -0.386 e. The number of guanidine groups is 1. The topological polar surface area (TPSA) is 56.7 Å². The molecule has 3 N–H and O–H groups in total. The lowest BCUT2D eigenvalue weighted by molar-refractivity contribution is 0.191. The first kappa shape index (κ1) is 20.5. The third kappa shape index (κ3) is 6.48. The second-order valence-corrected chi connectivity index (χ2v) is 6.94. The zero-order valence-corrected chi connectivity index (χ0v) is 17.4. The number of aliphatic hydroxyl groups excluding tert-OH is 1. The van der Waals surface area contributed by atoms with E-state index in [4.69, 9.17) is 0 Å². The first-order chi connectivity index (χ1) is 10.7. The Morgan fingerprint density at radius 2 is 2.13 bits per heavy atom. The van der Waals surface area contributed by atoms with Crippen LogP contribution < -0.4 is 10.6 Å². The lowest BCUT2D eigenvalue weighted by Gasteiger charge is -2.12. The van der Waals surface area contributed by atoms with Crippen LogP contribution in [0, 0.1) is 0 Å². The summed E-state index contributed by atoms with van der Waals surface area (Å²) in [4.78, 5) is 5.44. The van der Waals surface area contributed by atoms with Crippen molar-refractivity contribution in [2.24, 2.45) is 4.99 Å². The minimum atomic E-state index is -0.562. The fraction of sp³-hybridized carbons (Fsp3) is 0.438. The molecule has 0 fully saturated rings. The van der Waals surface area contributed by atoms with Crippen molar-refractivity contribution in [3.8, 4) is 0 Å². The molecule has 0 saturated heterocycles. The molecule has 1 unspecified atom stereocenters. The standard InChI is InChI=1S/C16H23N3OS2.HI/c1-3-17-16(18-8-9-21-2)19-11-13(20)15-10-12-6-4-5-7-14(12)22-15;/h4-7,10,13,20H,3,8-9,11H2,1-2H3,(H2,17,18,19);1H. The molecule has 0 bridgehead atoms. The van der Waals surface area contributed by atoms with E-state index in [0.717, 1.165) is 29.7 Å². The summed E-state index contributed by atoms with van der Waals surface area (Å²) in [6.07, 6.45) is 1.52. The van der Waals surface area contributed by atoms with Gasteiger partial charge in [0.2, 0.25) is 0 Å². The van der Waals surface area contributed by atoms with Gasteiger partial charge in [0, 0.05) is 28.4 Å². The van der Waals surface area contributed by atoms with Gasteiger partial charge in [0.15, 0.2) is 5.96 Å². The molecule has 2 aromatic rings. The van der Waals surface area contributed by atoms with Gasteiger partial charge in [-0.3, -0.25) is 4.99 Å². The van der Waals surface area contributed by atoms with Crippen LogP contribution in [0.1, 0.15) is 17.9 Å². The fourth-order valence-corrected chi connectivity index (χ4v) is 3.40. The monoisotopic (exact) mass is 465 g/mol. The smallest absolute Gasteiger partial charge is 0.191 e. The zero-order chi connectivity index (χ0) is 15.8. The van der Waals surface area contributed by atoms with Crippen LogP contribution in [0.3, 0.4) is 0 Å². The van der Waals surface area contributed by atoms with Crippen LogP contribution in [0.2, 0.25) is 0 Å². The molecule has 1 heterocycles. The van der Waals surface area contributed by atoms with E-state index < -0.39 is 6.10 Å². The molecule has 0 aliphatic rings. The molecule has 2 rings (SSSR count). The maximum atomic E-state index is 10.4. The van der Waals surface area contributed by atoms with Crippen molar-refractivity contribution in [1.82, 2.24) is 10.6 Å². The molecule has 4 nitrogen and oxygen atoms in total. The lowest BCUT2D eigenvalue weighted by Crippen LogP contribution is -2.38. The summed E-state index contributed by atoms with van der Waals surface area (Å²) in [5, 5.41) is 18.0. The van der Waals surface area contributed by atoms with Crippen molar-refractivity contribution in [2.75, 3.05) is 31.6 Å². The number of aliphatic imine (C=N–C) groups is 1. The van der Waals surface area contributed by atoms with E-state index in [1.165, 1.54) is 10.1 Å². The van der Waals surface area contributed by atoms with E-state index in [-0.39, 0.29) is 24.0 Å². The molecule has 23 heavy (non-hydrogen) atoms. The Labute approximate surface area is 163 Å². The van der Waals surface area contributed by atoms with Gasteiger partial charge in [0.1, 0.15) is 6.10 Å². The van der Waals surface area contributed by atoms with Crippen molar-refractivity contribution < 1.29 is 5.11 Å². The van der Waals surface area contributed by atoms with Gasteiger partial charge in [0.25, 0.3) is 0 Å². The van der Waals surface area contributed by atoms with Gasteiger partial charge in [-0.1, -0.05) is 18.2 Å². The Bertz CT molecular complexity index is 585. The molecule has 7 heteroatoms. The van der Waals surface area contributed by atoms with Crippen molar-refractivity contribution in [1.29, 1.82) is 0 Å². The van der Waals surface area contributed by atoms with E-state index in [1.807, 2.05) is 25.1 Å². The largest absolute Gasteiger partial charge is 0.386 e. The Morgan fingerprint density at radius 1 is 1.35 bits per heavy atom. The van der Waals surface area contributed by atoms with Crippen molar-refractivity contribution >= 4 is 63.1 Å². The molecule has 0 saturated carbocycles. The normalized spacial score (nSPS) is 12.7. The SMILES string of the molecule is CCNC(=NCC(O)c1cc2ccccc2s1)NCCSC.I. The summed E-state index contributed by atoms with van der Waals surface area (Å²) < 4.78 is 1.20. The van der Waals surface area contributed by atoms with Crippen molar-refractivity contribution in [2.45, 2.75) is 13.0 Å². The Morgan fingerprint density at radius 3 is 2.83 bits per heavy atom. The van der Waals surface area contributed by atoms with Crippen LogP contribution in [0.5, 0.6) is 0 Å². The van der Waals surface area contributed by atoms with Gasteiger partial charge in [0.05, 0.1) is 6.54 Å². The predicted molar refractivity (Wildman–Crippen MR) is 115 cm³/mol. The number of rotatable bonds is 7. The summed E-state index contributed by atoms with van der Waals surface area (Å²) in [5.41, 5.74) is 0. The fourth-order valence-electron chi connectivity index (χ4n) is 2.05. The summed E-state index contributed by atoms with van der Waals surface area (Å²) >= 11 is 3.42. The van der Waals surface area contributed by atoms with E-state index in [0.29, 0.717) is 6.54 Å². The quantitative estimate of drug-likeness (QED) is 0.254. The molecule has 1 aromatic carbocycles. The highest BCUT2D eigenvalue weighted by Gasteiger charge is 2.11. The van der Waals surface area contributed by atoms with Gasteiger partial charge in [-0.05, 0) is 30.7 Å².